The molecule has 0 radical (unpaired) electrons. The normalized spacial score (nSPS) is 10.8. The number of aryl methyl sites for hydroxylation is 1. The van der Waals surface area contributed by atoms with Gasteiger partial charge in [0.2, 0.25) is 0 Å². The molecule has 0 spiro atoms. The number of hydrogen-bond acceptors (Lipinski definition) is 4. The molecule has 2 rings (SSSR count). The van der Waals surface area contributed by atoms with Crippen LogP contribution in [0.15, 0.2) is 53.5 Å². The number of hydrogen-bond donors (Lipinski definition) is 2. The summed E-state index contributed by atoms with van der Waals surface area (Å²) >= 11 is 0. The first-order valence-electron chi connectivity index (χ1n) is 9.09. The molecule has 0 aromatic heterocycles. The van der Waals surface area contributed by atoms with Crippen molar-refractivity contribution in [1.82, 2.24) is 10.2 Å². The van der Waals surface area contributed by atoms with Crippen molar-refractivity contribution in [1.29, 1.82) is 0 Å². The summed E-state index contributed by atoms with van der Waals surface area (Å²) in [4.78, 5) is 6.36. The minimum Gasteiger partial charge on any atom is -0.508 e. The van der Waals surface area contributed by atoms with E-state index >= 15 is 0 Å². The molecule has 0 saturated heterocycles. The highest BCUT2D eigenvalue weighted by atomic mass is 127. The zero-order chi connectivity index (χ0) is 19.5. The van der Waals surface area contributed by atoms with Crippen LogP contribution in [0.5, 0.6) is 17.2 Å². The third-order valence-electron chi connectivity index (χ3n) is 4.19. The second-order valence-corrected chi connectivity index (χ2v) is 6.19. The molecule has 2 aromatic rings. The van der Waals surface area contributed by atoms with Crippen LogP contribution >= 0.6 is 24.0 Å². The summed E-state index contributed by atoms with van der Waals surface area (Å²) in [5.41, 5.74) is 1.21. The van der Waals surface area contributed by atoms with Gasteiger partial charge >= 0.3 is 0 Å². The van der Waals surface area contributed by atoms with Gasteiger partial charge in [-0.25, -0.2) is 0 Å². The average Bonchev–Trinajstić information content (AvgIpc) is 2.70. The number of rotatable bonds is 9. The predicted molar refractivity (Wildman–Crippen MR) is 124 cm³/mol. The Hall–Kier alpha value is -2.16. The third kappa shape index (κ3) is 8.24. The fourth-order valence-electron chi connectivity index (χ4n) is 2.62. The number of phenols is 1. The first-order valence-corrected chi connectivity index (χ1v) is 9.09. The van der Waals surface area contributed by atoms with Gasteiger partial charge in [-0.15, -0.1) is 24.0 Å². The topological polar surface area (TPSA) is 66.3 Å². The zero-order valence-electron chi connectivity index (χ0n) is 16.7. The van der Waals surface area contributed by atoms with Crippen LogP contribution in [0.2, 0.25) is 0 Å². The summed E-state index contributed by atoms with van der Waals surface area (Å²) < 4.78 is 10.9. The Morgan fingerprint density at radius 1 is 1.07 bits per heavy atom. The maximum absolute atomic E-state index is 9.31. The van der Waals surface area contributed by atoms with Crippen molar-refractivity contribution in [2.45, 2.75) is 12.8 Å². The highest BCUT2D eigenvalue weighted by molar-refractivity contribution is 14.0. The zero-order valence-corrected chi connectivity index (χ0v) is 19.1. The lowest BCUT2D eigenvalue weighted by Crippen LogP contribution is -2.41. The lowest BCUT2D eigenvalue weighted by Gasteiger charge is -2.22. The second-order valence-electron chi connectivity index (χ2n) is 6.19. The summed E-state index contributed by atoms with van der Waals surface area (Å²) in [6.45, 7) is 2.12. The fourth-order valence-corrected chi connectivity index (χ4v) is 2.62. The van der Waals surface area contributed by atoms with Crippen LogP contribution in [0, 0.1) is 0 Å². The van der Waals surface area contributed by atoms with E-state index in [1.165, 1.54) is 5.56 Å². The Bertz CT molecular complexity index is 706. The molecule has 0 aliphatic carbocycles. The van der Waals surface area contributed by atoms with Gasteiger partial charge in [-0.3, -0.25) is 4.99 Å². The lowest BCUT2D eigenvalue weighted by molar-refractivity contribution is 0.281. The Kier molecular flexibility index (Phi) is 11.2. The highest BCUT2D eigenvalue weighted by Crippen LogP contribution is 2.16. The van der Waals surface area contributed by atoms with Crippen molar-refractivity contribution >= 4 is 29.9 Å². The summed E-state index contributed by atoms with van der Waals surface area (Å²) in [6.07, 6.45) is 1.94. The Labute approximate surface area is 184 Å². The fraction of sp³-hybridized carbons (Fsp3) is 0.381. The molecule has 2 N–H and O–H groups in total. The molecular formula is C21H30IN3O3. The van der Waals surface area contributed by atoms with E-state index in [4.69, 9.17) is 9.47 Å². The van der Waals surface area contributed by atoms with Gasteiger partial charge in [-0.05, 0) is 54.8 Å². The molecule has 28 heavy (non-hydrogen) atoms. The van der Waals surface area contributed by atoms with Crippen molar-refractivity contribution in [2.75, 3.05) is 40.9 Å². The molecule has 0 heterocycles. The molecule has 0 bridgehead atoms. The van der Waals surface area contributed by atoms with Crippen LogP contribution in [0.1, 0.15) is 12.0 Å². The van der Waals surface area contributed by atoms with E-state index in [9.17, 15) is 5.11 Å². The first kappa shape index (κ1) is 23.9. The number of likely N-dealkylation sites (N-methyl/N-ethyl adjacent to an activating group) is 1. The van der Waals surface area contributed by atoms with Crippen molar-refractivity contribution in [2.24, 2.45) is 4.99 Å². The number of halogens is 1. The van der Waals surface area contributed by atoms with Crippen molar-refractivity contribution in [3.63, 3.8) is 0 Å². The molecule has 154 valence electrons. The van der Waals surface area contributed by atoms with Gasteiger partial charge in [0, 0.05) is 20.6 Å². The molecule has 0 aliphatic rings. The standard InChI is InChI=1S/C21H29N3O3.HI/c1-22-21(23-14-4-5-17-6-8-18(25)9-7-17)24(2)15-16-27-20-12-10-19(26-3)11-13-20;/h6-13,25H,4-5,14-16H2,1-3H3,(H,22,23);1H. The minimum atomic E-state index is 0. The predicted octanol–water partition coefficient (Wildman–Crippen LogP) is 3.54. The molecule has 0 aliphatic heterocycles. The average molecular weight is 499 g/mol. The van der Waals surface area contributed by atoms with Gasteiger partial charge in [-0.2, -0.15) is 0 Å². The summed E-state index contributed by atoms with van der Waals surface area (Å²) in [6, 6.07) is 14.9. The second kappa shape index (κ2) is 13.1. The van der Waals surface area contributed by atoms with Crippen molar-refractivity contribution in [3.8, 4) is 17.2 Å². The number of phenolic OH excluding ortho intramolecular Hbond substituents is 1. The number of guanidine groups is 1. The van der Waals surface area contributed by atoms with Gasteiger partial charge < -0.3 is 24.8 Å². The monoisotopic (exact) mass is 499 g/mol. The van der Waals surface area contributed by atoms with E-state index in [1.54, 1.807) is 26.3 Å². The van der Waals surface area contributed by atoms with Crippen LogP contribution in [0.25, 0.3) is 0 Å². The van der Waals surface area contributed by atoms with Gasteiger partial charge in [0.05, 0.1) is 13.7 Å². The number of methoxy groups -OCH3 is 1. The molecule has 6 nitrogen and oxygen atoms in total. The Morgan fingerprint density at radius 3 is 2.32 bits per heavy atom. The molecule has 0 amide bonds. The molecule has 2 aromatic carbocycles. The van der Waals surface area contributed by atoms with Crippen molar-refractivity contribution in [3.05, 3.63) is 54.1 Å². The van der Waals surface area contributed by atoms with Crippen LogP contribution < -0.4 is 14.8 Å². The smallest absolute Gasteiger partial charge is 0.193 e. The molecule has 0 saturated carbocycles. The van der Waals surface area contributed by atoms with Gasteiger partial charge in [0.15, 0.2) is 5.96 Å². The van der Waals surface area contributed by atoms with Crippen LogP contribution in [-0.2, 0) is 6.42 Å². The largest absolute Gasteiger partial charge is 0.508 e. The molecule has 0 fully saturated rings. The lowest BCUT2D eigenvalue weighted by atomic mass is 10.1. The first-order chi connectivity index (χ1) is 13.1. The number of aromatic hydroxyl groups is 1. The summed E-state index contributed by atoms with van der Waals surface area (Å²) in [5, 5.41) is 12.7. The maximum atomic E-state index is 9.31. The Morgan fingerprint density at radius 2 is 1.71 bits per heavy atom. The van der Waals surface area contributed by atoms with Gasteiger partial charge in [-0.1, -0.05) is 12.1 Å². The summed E-state index contributed by atoms with van der Waals surface area (Å²) in [5.74, 6) is 2.78. The Balaban J connectivity index is 0.00000392. The highest BCUT2D eigenvalue weighted by Gasteiger charge is 2.05. The molecular weight excluding hydrogens is 469 g/mol. The number of benzene rings is 2. The van der Waals surface area contributed by atoms with E-state index in [2.05, 4.69) is 10.3 Å². The number of aliphatic imine (C=N–C) groups is 1. The number of nitrogens with one attached hydrogen (secondary N) is 1. The number of ether oxygens (including phenoxy) is 2. The van der Waals surface area contributed by atoms with Crippen LogP contribution in [0.3, 0.4) is 0 Å². The minimum absolute atomic E-state index is 0. The molecule has 0 unspecified atom stereocenters. The summed E-state index contributed by atoms with van der Waals surface area (Å²) in [7, 11) is 5.42. The SMILES string of the molecule is CN=C(NCCCc1ccc(O)cc1)N(C)CCOc1ccc(OC)cc1.I. The van der Waals surface area contributed by atoms with Crippen LogP contribution in [0.4, 0.5) is 0 Å². The van der Waals surface area contributed by atoms with Gasteiger partial charge in [0.25, 0.3) is 0 Å². The van der Waals surface area contributed by atoms with E-state index < -0.39 is 0 Å². The van der Waals surface area contributed by atoms with E-state index in [-0.39, 0.29) is 24.0 Å². The quantitative estimate of drug-likeness (QED) is 0.239. The van der Waals surface area contributed by atoms with E-state index in [1.807, 2.05) is 48.3 Å². The third-order valence-corrected chi connectivity index (χ3v) is 4.19. The van der Waals surface area contributed by atoms with E-state index in [0.717, 1.165) is 43.4 Å². The number of nitrogens with zero attached hydrogens (tertiary/aromatic N) is 2. The van der Waals surface area contributed by atoms with Gasteiger partial charge in [0.1, 0.15) is 23.9 Å². The van der Waals surface area contributed by atoms with E-state index in [0.29, 0.717) is 12.4 Å². The van der Waals surface area contributed by atoms with Crippen molar-refractivity contribution < 1.29 is 14.6 Å². The van der Waals surface area contributed by atoms with Crippen LogP contribution in [-0.4, -0.2) is 56.9 Å². The molecule has 7 heteroatoms. The maximum Gasteiger partial charge on any atom is 0.193 e. The molecule has 0 atom stereocenters.